The maximum atomic E-state index is 12.3. The maximum Gasteiger partial charge on any atom is 0.311 e. The van der Waals surface area contributed by atoms with Crippen LogP contribution in [-0.4, -0.2) is 35.7 Å². The van der Waals surface area contributed by atoms with Crippen molar-refractivity contribution in [3.8, 4) is 0 Å². The quantitative estimate of drug-likeness (QED) is 0.735. The van der Waals surface area contributed by atoms with Crippen molar-refractivity contribution < 1.29 is 19.4 Å². The van der Waals surface area contributed by atoms with Gasteiger partial charge < -0.3 is 15.2 Å². The van der Waals surface area contributed by atoms with Gasteiger partial charge in [0, 0.05) is 6.54 Å². The van der Waals surface area contributed by atoms with Crippen molar-refractivity contribution in [1.29, 1.82) is 0 Å². The first-order chi connectivity index (χ1) is 11.0. The molecule has 23 heavy (non-hydrogen) atoms. The largest absolute Gasteiger partial charge is 0.481 e. The van der Waals surface area contributed by atoms with E-state index in [1.165, 1.54) is 25.7 Å². The van der Waals surface area contributed by atoms with Crippen LogP contribution in [0.15, 0.2) is 0 Å². The molecule has 2 saturated carbocycles. The summed E-state index contributed by atoms with van der Waals surface area (Å²) < 4.78 is 5.91. The van der Waals surface area contributed by atoms with Crippen LogP contribution in [0.4, 0.5) is 0 Å². The zero-order valence-electron chi connectivity index (χ0n) is 14.3. The smallest absolute Gasteiger partial charge is 0.311 e. The molecular formula is C18H31NO4. The number of ether oxygens (including phenoxy) is 1. The SMILES string of the molecule is CC(OC1CCCCCC1)C(=O)NCC1(C(=O)O)CCCCC1. The van der Waals surface area contributed by atoms with Gasteiger partial charge in [-0.2, -0.15) is 0 Å². The minimum atomic E-state index is -0.783. The molecule has 1 unspecified atom stereocenters. The van der Waals surface area contributed by atoms with Gasteiger partial charge in [-0.1, -0.05) is 44.9 Å². The summed E-state index contributed by atoms with van der Waals surface area (Å²) >= 11 is 0. The number of hydrogen-bond donors (Lipinski definition) is 2. The zero-order valence-corrected chi connectivity index (χ0v) is 14.3. The average Bonchev–Trinajstić information content (AvgIpc) is 2.82. The van der Waals surface area contributed by atoms with Crippen LogP contribution in [0.2, 0.25) is 0 Å². The van der Waals surface area contributed by atoms with Gasteiger partial charge in [0.05, 0.1) is 11.5 Å². The highest BCUT2D eigenvalue weighted by molar-refractivity contribution is 5.82. The molecule has 0 aromatic heterocycles. The Morgan fingerprint density at radius 2 is 1.65 bits per heavy atom. The molecule has 0 aromatic carbocycles. The molecule has 0 radical (unpaired) electrons. The summed E-state index contributed by atoms with van der Waals surface area (Å²) in [5.41, 5.74) is -0.782. The molecule has 2 rings (SSSR count). The molecular weight excluding hydrogens is 294 g/mol. The number of aliphatic carboxylic acids is 1. The number of carbonyl (C=O) groups is 2. The Labute approximate surface area is 139 Å². The molecule has 2 N–H and O–H groups in total. The molecule has 0 bridgehead atoms. The van der Waals surface area contributed by atoms with Gasteiger partial charge in [-0.3, -0.25) is 9.59 Å². The molecule has 2 fully saturated rings. The van der Waals surface area contributed by atoms with E-state index in [1.807, 2.05) is 0 Å². The topological polar surface area (TPSA) is 75.6 Å². The van der Waals surface area contributed by atoms with Crippen LogP contribution >= 0.6 is 0 Å². The Balaban J connectivity index is 1.81. The molecule has 0 heterocycles. The third-order valence-corrected chi connectivity index (χ3v) is 5.43. The van der Waals surface area contributed by atoms with E-state index in [0.717, 1.165) is 32.1 Å². The minimum absolute atomic E-state index is 0.168. The molecule has 1 atom stereocenters. The molecule has 132 valence electrons. The van der Waals surface area contributed by atoms with Crippen molar-refractivity contribution in [2.45, 2.75) is 89.8 Å². The van der Waals surface area contributed by atoms with E-state index in [9.17, 15) is 14.7 Å². The molecule has 0 spiro atoms. The lowest BCUT2D eigenvalue weighted by atomic mass is 9.74. The molecule has 0 aliphatic heterocycles. The van der Waals surface area contributed by atoms with Gasteiger partial charge in [0.1, 0.15) is 6.10 Å². The summed E-state index contributed by atoms with van der Waals surface area (Å²) in [4.78, 5) is 23.9. The van der Waals surface area contributed by atoms with E-state index >= 15 is 0 Å². The van der Waals surface area contributed by atoms with Crippen molar-refractivity contribution in [1.82, 2.24) is 5.32 Å². The van der Waals surface area contributed by atoms with Gasteiger partial charge in [-0.05, 0) is 32.6 Å². The summed E-state index contributed by atoms with van der Waals surface area (Å²) in [5.74, 6) is -0.963. The van der Waals surface area contributed by atoms with E-state index < -0.39 is 17.5 Å². The lowest BCUT2D eigenvalue weighted by molar-refractivity contribution is -0.151. The highest BCUT2D eigenvalue weighted by Crippen LogP contribution is 2.36. The summed E-state index contributed by atoms with van der Waals surface area (Å²) in [6.45, 7) is 1.99. The van der Waals surface area contributed by atoms with Gasteiger partial charge in [0.25, 0.3) is 0 Å². The van der Waals surface area contributed by atoms with Crippen molar-refractivity contribution in [3.63, 3.8) is 0 Å². The zero-order chi connectivity index (χ0) is 16.7. The van der Waals surface area contributed by atoms with E-state index in [2.05, 4.69) is 5.32 Å². The fourth-order valence-corrected chi connectivity index (χ4v) is 3.82. The highest BCUT2D eigenvalue weighted by atomic mass is 16.5. The summed E-state index contributed by atoms with van der Waals surface area (Å²) in [6.07, 6.45) is 10.8. The standard InChI is InChI=1S/C18H31NO4/c1-14(23-15-9-5-2-3-6-10-15)16(20)19-13-18(17(21)22)11-7-4-8-12-18/h14-15H,2-13H2,1H3,(H,19,20)(H,21,22). The monoisotopic (exact) mass is 325 g/mol. The number of rotatable bonds is 6. The molecule has 1 amide bonds. The van der Waals surface area contributed by atoms with E-state index in [1.54, 1.807) is 6.92 Å². The van der Waals surface area contributed by atoms with Crippen LogP contribution in [0, 0.1) is 5.41 Å². The van der Waals surface area contributed by atoms with Crippen LogP contribution in [0.25, 0.3) is 0 Å². The Morgan fingerprint density at radius 3 is 2.22 bits per heavy atom. The maximum absolute atomic E-state index is 12.3. The molecule has 5 nitrogen and oxygen atoms in total. The molecule has 2 aliphatic carbocycles. The second kappa shape index (κ2) is 8.67. The van der Waals surface area contributed by atoms with Crippen molar-refractivity contribution in [3.05, 3.63) is 0 Å². The number of carboxylic acids is 1. The van der Waals surface area contributed by atoms with Gasteiger partial charge in [0.15, 0.2) is 0 Å². The second-order valence-corrected chi connectivity index (χ2v) is 7.26. The van der Waals surface area contributed by atoms with Crippen LogP contribution in [0.1, 0.15) is 77.6 Å². The van der Waals surface area contributed by atoms with Gasteiger partial charge in [-0.25, -0.2) is 0 Å². The first-order valence-electron chi connectivity index (χ1n) is 9.20. The summed E-state index contributed by atoms with van der Waals surface area (Å²) in [5, 5.41) is 12.4. The van der Waals surface area contributed by atoms with Crippen LogP contribution < -0.4 is 5.32 Å². The third-order valence-electron chi connectivity index (χ3n) is 5.43. The Morgan fingerprint density at radius 1 is 1.09 bits per heavy atom. The fraction of sp³-hybridized carbons (Fsp3) is 0.889. The summed E-state index contributed by atoms with van der Waals surface area (Å²) in [6, 6.07) is 0. The van der Waals surface area contributed by atoms with Gasteiger partial charge in [-0.15, -0.1) is 0 Å². The highest BCUT2D eigenvalue weighted by Gasteiger charge is 2.40. The number of amides is 1. The minimum Gasteiger partial charge on any atom is -0.481 e. The predicted octanol–water partition coefficient (Wildman–Crippen LogP) is 3.27. The Hall–Kier alpha value is -1.10. The van der Waals surface area contributed by atoms with Crippen LogP contribution in [-0.2, 0) is 14.3 Å². The number of hydrogen-bond acceptors (Lipinski definition) is 3. The fourth-order valence-electron chi connectivity index (χ4n) is 3.82. The second-order valence-electron chi connectivity index (χ2n) is 7.26. The normalized spacial score (nSPS) is 23.7. The summed E-state index contributed by atoms with van der Waals surface area (Å²) in [7, 11) is 0. The van der Waals surface area contributed by atoms with Gasteiger partial charge >= 0.3 is 5.97 Å². The lowest BCUT2D eigenvalue weighted by Crippen LogP contribution is -2.47. The predicted molar refractivity (Wildman–Crippen MR) is 88.2 cm³/mol. The van der Waals surface area contributed by atoms with E-state index in [-0.39, 0.29) is 18.6 Å². The number of carboxylic acid groups (broad SMARTS) is 1. The average molecular weight is 325 g/mol. The first kappa shape index (κ1) is 18.2. The Kier molecular flexibility index (Phi) is 6.88. The molecule has 0 aromatic rings. The molecule has 2 aliphatic rings. The molecule has 0 saturated heterocycles. The first-order valence-corrected chi connectivity index (χ1v) is 9.20. The molecule has 5 heteroatoms. The van der Waals surface area contributed by atoms with E-state index in [0.29, 0.717) is 12.8 Å². The van der Waals surface area contributed by atoms with Crippen LogP contribution in [0.5, 0.6) is 0 Å². The van der Waals surface area contributed by atoms with Crippen LogP contribution in [0.3, 0.4) is 0 Å². The van der Waals surface area contributed by atoms with Crippen molar-refractivity contribution >= 4 is 11.9 Å². The number of carbonyl (C=O) groups excluding carboxylic acids is 1. The Bertz CT molecular complexity index is 396. The number of nitrogens with one attached hydrogen (secondary N) is 1. The third kappa shape index (κ3) is 5.20. The van der Waals surface area contributed by atoms with Gasteiger partial charge in [0.2, 0.25) is 5.91 Å². The lowest BCUT2D eigenvalue weighted by Gasteiger charge is -2.33. The van der Waals surface area contributed by atoms with E-state index in [4.69, 9.17) is 4.74 Å². The van der Waals surface area contributed by atoms with Crippen molar-refractivity contribution in [2.75, 3.05) is 6.54 Å². The van der Waals surface area contributed by atoms with Crippen molar-refractivity contribution in [2.24, 2.45) is 5.41 Å².